The molecular formula is C12H10ClFO2S. The number of halogens is 2. The van der Waals surface area contributed by atoms with Gasteiger partial charge in [0.25, 0.3) is 0 Å². The molecule has 0 aliphatic heterocycles. The van der Waals surface area contributed by atoms with Crippen LogP contribution < -0.4 is 4.74 Å². The molecule has 0 aliphatic rings. The van der Waals surface area contributed by atoms with Gasteiger partial charge in [0.1, 0.15) is 17.7 Å². The van der Waals surface area contributed by atoms with Crippen LogP contribution in [-0.4, -0.2) is 12.2 Å². The number of aliphatic hydroxyl groups is 1. The fourth-order valence-corrected chi connectivity index (χ4v) is 2.66. The molecule has 0 saturated carbocycles. The van der Waals surface area contributed by atoms with Crippen LogP contribution in [0.4, 0.5) is 4.39 Å². The van der Waals surface area contributed by atoms with Gasteiger partial charge >= 0.3 is 0 Å². The average Bonchev–Trinajstić information content (AvgIpc) is 2.74. The molecule has 0 fully saturated rings. The first kappa shape index (κ1) is 12.4. The Bertz CT molecular complexity index is 527. The Morgan fingerprint density at radius 2 is 2.18 bits per heavy atom. The molecule has 17 heavy (non-hydrogen) atoms. The SMILES string of the molecule is COc1ccc(C(O)c2sccc2Cl)c(F)c1. The summed E-state index contributed by atoms with van der Waals surface area (Å²) >= 11 is 7.19. The predicted molar refractivity (Wildman–Crippen MR) is 66.3 cm³/mol. The van der Waals surface area contributed by atoms with Gasteiger partial charge in [-0.3, -0.25) is 0 Å². The zero-order valence-electron chi connectivity index (χ0n) is 8.98. The number of rotatable bonds is 3. The minimum atomic E-state index is -1.05. The number of hydrogen-bond donors (Lipinski definition) is 1. The van der Waals surface area contributed by atoms with Crippen LogP contribution in [0.1, 0.15) is 16.5 Å². The van der Waals surface area contributed by atoms with Crippen molar-refractivity contribution in [3.8, 4) is 5.75 Å². The molecule has 1 unspecified atom stereocenters. The van der Waals surface area contributed by atoms with E-state index >= 15 is 0 Å². The maximum absolute atomic E-state index is 13.7. The summed E-state index contributed by atoms with van der Waals surface area (Å²) in [7, 11) is 1.46. The van der Waals surface area contributed by atoms with Crippen molar-refractivity contribution >= 4 is 22.9 Å². The van der Waals surface area contributed by atoms with Gasteiger partial charge < -0.3 is 9.84 Å². The first-order chi connectivity index (χ1) is 8.13. The molecule has 0 bridgehead atoms. The highest BCUT2D eigenvalue weighted by Crippen LogP contribution is 2.34. The summed E-state index contributed by atoms with van der Waals surface area (Å²) in [6.45, 7) is 0. The van der Waals surface area contributed by atoms with Crippen LogP contribution in [0, 0.1) is 5.82 Å². The lowest BCUT2D eigenvalue weighted by atomic mass is 10.1. The quantitative estimate of drug-likeness (QED) is 0.924. The Morgan fingerprint density at radius 1 is 1.41 bits per heavy atom. The van der Waals surface area contributed by atoms with Gasteiger partial charge in [0, 0.05) is 11.6 Å². The van der Waals surface area contributed by atoms with Crippen molar-refractivity contribution in [1.29, 1.82) is 0 Å². The van der Waals surface area contributed by atoms with Gasteiger partial charge in [-0.15, -0.1) is 11.3 Å². The fraction of sp³-hybridized carbons (Fsp3) is 0.167. The zero-order chi connectivity index (χ0) is 12.4. The van der Waals surface area contributed by atoms with E-state index in [1.54, 1.807) is 17.5 Å². The molecule has 0 saturated heterocycles. The summed E-state index contributed by atoms with van der Waals surface area (Å²) in [6, 6.07) is 6.00. The minimum Gasteiger partial charge on any atom is -0.497 e. The molecule has 1 aromatic carbocycles. The number of benzene rings is 1. The second-order valence-electron chi connectivity index (χ2n) is 3.42. The third-order valence-electron chi connectivity index (χ3n) is 2.40. The monoisotopic (exact) mass is 272 g/mol. The van der Waals surface area contributed by atoms with Crippen molar-refractivity contribution < 1.29 is 14.2 Å². The lowest BCUT2D eigenvalue weighted by Crippen LogP contribution is -2.01. The van der Waals surface area contributed by atoms with Gasteiger partial charge in [-0.2, -0.15) is 0 Å². The van der Waals surface area contributed by atoms with Crippen molar-refractivity contribution in [2.75, 3.05) is 7.11 Å². The Labute approximate surface area is 107 Å². The van der Waals surface area contributed by atoms with Gasteiger partial charge in [0.2, 0.25) is 0 Å². The zero-order valence-corrected chi connectivity index (χ0v) is 10.6. The van der Waals surface area contributed by atoms with Gasteiger partial charge in [-0.25, -0.2) is 4.39 Å². The summed E-state index contributed by atoms with van der Waals surface area (Å²) in [5, 5.41) is 12.2. The molecule has 1 atom stereocenters. The van der Waals surface area contributed by atoms with Crippen LogP contribution in [0.5, 0.6) is 5.75 Å². The fourth-order valence-electron chi connectivity index (χ4n) is 1.50. The van der Waals surface area contributed by atoms with Crippen molar-refractivity contribution in [3.63, 3.8) is 0 Å². The highest BCUT2D eigenvalue weighted by atomic mass is 35.5. The topological polar surface area (TPSA) is 29.5 Å². The summed E-state index contributed by atoms with van der Waals surface area (Å²) in [6.07, 6.45) is -1.05. The van der Waals surface area contributed by atoms with Gasteiger partial charge in [-0.05, 0) is 23.6 Å². The van der Waals surface area contributed by atoms with Gasteiger partial charge in [-0.1, -0.05) is 11.6 Å². The largest absolute Gasteiger partial charge is 0.497 e. The van der Waals surface area contributed by atoms with Crippen LogP contribution in [-0.2, 0) is 0 Å². The third-order valence-corrected chi connectivity index (χ3v) is 3.81. The first-order valence-electron chi connectivity index (χ1n) is 4.88. The molecular weight excluding hydrogens is 263 g/mol. The van der Waals surface area contributed by atoms with E-state index in [0.29, 0.717) is 15.6 Å². The van der Waals surface area contributed by atoms with Crippen LogP contribution in [0.15, 0.2) is 29.6 Å². The summed E-state index contributed by atoms with van der Waals surface area (Å²) in [5.41, 5.74) is 0.190. The van der Waals surface area contributed by atoms with Crippen molar-refractivity contribution in [3.05, 3.63) is 50.9 Å². The number of methoxy groups -OCH3 is 1. The number of hydrogen-bond acceptors (Lipinski definition) is 3. The van der Waals surface area contributed by atoms with E-state index in [2.05, 4.69) is 0 Å². The number of ether oxygens (including phenoxy) is 1. The summed E-state index contributed by atoms with van der Waals surface area (Å²) in [4.78, 5) is 0.538. The van der Waals surface area contributed by atoms with Crippen LogP contribution in [0.2, 0.25) is 5.02 Å². The van der Waals surface area contributed by atoms with Crippen molar-refractivity contribution in [1.82, 2.24) is 0 Å². The highest BCUT2D eigenvalue weighted by Gasteiger charge is 2.19. The molecule has 0 spiro atoms. The number of thiophene rings is 1. The van der Waals surface area contributed by atoms with Gasteiger partial charge in [0.15, 0.2) is 0 Å². The smallest absolute Gasteiger partial charge is 0.133 e. The average molecular weight is 273 g/mol. The lowest BCUT2D eigenvalue weighted by molar-refractivity contribution is 0.218. The normalized spacial score (nSPS) is 12.5. The minimum absolute atomic E-state index is 0.190. The van der Waals surface area contributed by atoms with Crippen molar-refractivity contribution in [2.45, 2.75) is 6.10 Å². The molecule has 1 aromatic heterocycles. The predicted octanol–water partition coefficient (Wildman–Crippen LogP) is 3.63. The standard InChI is InChI=1S/C12H10ClFO2S/c1-16-7-2-3-8(10(14)6-7)11(15)12-9(13)4-5-17-12/h2-6,11,15H,1H3. The van der Waals surface area contributed by atoms with E-state index in [0.717, 1.165) is 0 Å². The summed E-state index contributed by atoms with van der Waals surface area (Å²) in [5.74, 6) is -0.1000. The molecule has 0 amide bonds. The van der Waals surface area contributed by atoms with Crippen LogP contribution in [0.25, 0.3) is 0 Å². The molecule has 90 valence electrons. The van der Waals surface area contributed by atoms with Crippen molar-refractivity contribution in [2.24, 2.45) is 0 Å². The van der Waals surface area contributed by atoms with Crippen LogP contribution >= 0.6 is 22.9 Å². The Balaban J connectivity index is 2.38. The Kier molecular flexibility index (Phi) is 3.66. The third kappa shape index (κ3) is 2.44. The van der Waals surface area contributed by atoms with E-state index in [-0.39, 0.29) is 5.56 Å². The van der Waals surface area contributed by atoms with E-state index in [9.17, 15) is 9.50 Å². The molecule has 2 rings (SSSR count). The van der Waals surface area contributed by atoms with E-state index in [1.165, 1.54) is 30.6 Å². The Morgan fingerprint density at radius 3 is 2.71 bits per heavy atom. The second-order valence-corrected chi connectivity index (χ2v) is 4.78. The van der Waals surface area contributed by atoms with E-state index in [4.69, 9.17) is 16.3 Å². The van der Waals surface area contributed by atoms with E-state index in [1.807, 2.05) is 0 Å². The maximum atomic E-state index is 13.7. The van der Waals surface area contributed by atoms with Crippen LogP contribution in [0.3, 0.4) is 0 Å². The second kappa shape index (κ2) is 5.04. The van der Waals surface area contributed by atoms with E-state index < -0.39 is 11.9 Å². The lowest BCUT2D eigenvalue weighted by Gasteiger charge is -2.11. The molecule has 1 heterocycles. The highest BCUT2D eigenvalue weighted by molar-refractivity contribution is 7.10. The molecule has 2 aromatic rings. The maximum Gasteiger partial charge on any atom is 0.133 e. The first-order valence-corrected chi connectivity index (χ1v) is 6.13. The Hall–Kier alpha value is -1.10. The molecule has 2 nitrogen and oxygen atoms in total. The molecule has 0 aliphatic carbocycles. The molecule has 0 radical (unpaired) electrons. The number of aliphatic hydroxyl groups excluding tert-OH is 1. The van der Waals surface area contributed by atoms with Gasteiger partial charge in [0.05, 0.1) is 17.0 Å². The molecule has 5 heteroatoms. The summed E-state index contributed by atoms with van der Waals surface area (Å²) < 4.78 is 18.6. The molecule has 1 N–H and O–H groups in total.